The monoisotopic (exact) mass is 312 g/mol. The fourth-order valence-corrected chi connectivity index (χ4v) is 3.26. The molecule has 5 nitrogen and oxygen atoms in total. The molecular weight excluding hydrogens is 296 g/mol. The van der Waals surface area contributed by atoms with Gasteiger partial charge in [-0.3, -0.25) is 4.79 Å². The van der Waals surface area contributed by atoms with Gasteiger partial charge in [0.25, 0.3) is 5.91 Å². The molecule has 22 heavy (non-hydrogen) atoms. The van der Waals surface area contributed by atoms with Gasteiger partial charge in [0, 0.05) is 43.3 Å². The first-order valence-corrected chi connectivity index (χ1v) is 8.05. The number of amides is 1. The molecule has 1 aromatic carbocycles. The molecule has 3 rings (SSSR count). The molecule has 0 aliphatic carbocycles. The van der Waals surface area contributed by atoms with Gasteiger partial charge in [0.1, 0.15) is 0 Å². The molecule has 1 saturated heterocycles. The number of anilines is 1. The summed E-state index contributed by atoms with van der Waals surface area (Å²) in [4.78, 5) is 21.0. The first-order valence-electron chi connectivity index (χ1n) is 7.17. The van der Waals surface area contributed by atoms with Crippen LogP contribution in [0.4, 0.5) is 5.13 Å². The number of thiazole rings is 1. The lowest BCUT2D eigenvalue weighted by atomic mass is 10.1. The molecule has 0 atom stereocenters. The Kier molecular flexibility index (Phi) is 4.35. The van der Waals surface area contributed by atoms with E-state index < -0.39 is 0 Å². The van der Waals surface area contributed by atoms with Crippen molar-refractivity contribution in [3.8, 4) is 6.07 Å². The maximum atomic E-state index is 12.6. The number of piperazine rings is 1. The van der Waals surface area contributed by atoms with Crippen LogP contribution in [0.2, 0.25) is 0 Å². The zero-order valence-electron chi connectivity index (χ0n) is 12.1. The van der Waals surface area contributed by atoms with Crippen molar-refractivity contribution in [2.24, 2.45) is 0 Å². The normalized spacial score (nSPS) is 14.7. The van der Waals surface area contributed by atoms with Gasteiger partial charge in [-0.2, -0.15) is 5.26 Å². The highest BCUT2D eigenvalue weighted by Crippen LogP contribution is 2.19. The molecule has 0 bridgehead atoms. The van der Waals surface area contributed by atoms with Crippen LogP contribution in [-0.2, 0) is 6.42 Å². The van der Waals surface area contributed by atoms with Crippen molar-refractivity contribution < 1.29 is 4.79 Å². The van der Waals surface area contributed by atoms with Gasteiger partial charge in [0.2, 0.25) is 0 Å². The molecule has 1 fully saturated rings. The minimum absolute atomic E-state index is 0.0404. The number of nitriles is 1. The predicted molar refractivity (Wildman–Crippen MR) is 86.0 cm³/mol. The maximum absolute atomic E-state index is 12.6. The van der Waals surface area contributed by atoms with Crippen LogP contribution >= 0.6 is 11.3 Å². The highest BCUT2D eigenvalue weighted by molar-refractivity contribution is 7.13. The van der Waals surface area contributed by atoms with E-state index in [2.05, 4.69) is 16.0 Å². The Balaban J connectivity index is 1.64. The Labute approximate surface area is 133 Å². The molecule has 0 N–H and O–H groups in total. The fraction of sp³-hybridized carbons (Fsp3) is 0.312. The number of rotatable bonds is 3. The Hall–Kier alpha value is -2.39. The fourth-order valence-electron chi connectivity index (χ4n) is 2.56. The molecule has 6 heteroatoms. The number of hydrogen-bond donors (Lipinski definition) is 0. The van der Waals surface area contributed by atoms with Crippen molar-refractivity contribution in [2.75, 3.05) is 31.1 Å². The quantitative estimate of drug-likeness (QED) is 0.871. The van der Waals surface area contributed by atoms with E-state index in [-0.39, 0.29) is 5.91 Å². The van der Waals surface area contributed by atoms with Crippen LogP contribution < -0.4 is 4.90 Å². The smallest absolute Gasteiger partial charge is 0.253 e. The van der Waals surface area contributed by atoms with Gasteiger partial charge in [-0.05, 0) is 17.7 Å². The van der Waals surface area contributed by atoms with E-state index in [0.717, 1.165) is 23.8 Å². The number of nitrogens with zero attached hydrogens (tertiary/aromatic N) is 4. The van der Waals surface area contributed by atoms with Gasteiger partial charge >= 0.3 is 0 Å². The lowest BCUT2D eigenvalue weighted by Gasteiger charge is -2.34. The Bertz CT molecular complexity index is 684. The summed E-state index contributed by atoms with van der Waals surface area (Å²) in [6.45, 7) is 3.00. The standard InChI is InChI=1S/C16H16N4OS/c17-5-4-13-2-1-3-14(12-13)15(21)19-7-9-20(10-8-19)16-18-6-11-22-16/h1-3,6,11-12H,4,7-10H2. The first-order chi connectivity index (χ1) is 10.8. The average molecular weight is 312 g/mol. The van der Waals surface area contributed by atoms with Crippen LogP contribution in [0.15, 0.2) is 35.8 Å². The van der Waals surface area contributed by atoms with Crippen LogP contribution in [0, 0.1) is 11.3 Å². The Morgan fingerprint density at radius 2 is 2.14 bits per heavy atom. The van der Waals surface area contributed by atoms with Crippen molar-refractivity contribution in [2.45, 2.75) is 6.42 Å². The minimum atomic E-state index is 0.0404. The van der Waals surface area contributed by atoms with Crippen molar-refractivity contribution in [3.63, 3.8) is 0 Å². The molecule has 0 unspecified atom stereocenters. The molecule has 112 valence electrons. The van der Waals surface area contributed by atoms with Crippen LogP contribution in [0.3, 0.4) is 0 Å². The summed E-state index contributed by atoms with van der Waals surface area (Å²) in [5.41, 5.74) is 1.55. The Morgan fingerprint density at radius 1 is 1.32 bits per heavy atom. The molecule has 0 saturated carbocycles. The minimum Gasteiger partial charge on any atom is -0.345 e. The van der Waals surface area contributed by atoms with Crippen LogP contribution in [-0.4, -0.2) is 42.0 Å². The lowest BCUT2D eigenvalue weighted by molar-refractivity contribution is 0.0746. The van der Waals surface area contributed by atoms with E-state index in [9.17, 15) is 4.79 Å². The summed E-state index contributed by atoms with van der Waals surface area (Å²) in [5.74, 6) is 0.0404. The summed E-state index contributed by atoms with van der Waals surface area (Å²) in [6, 6.07) is 9.46. The van der Waals surface area contributed by atoms with Crippen molar-refractivity contribution in [3.05, 3.63) is 47.0 Å². The number of aromatic nitrogens is 1. The molecular formula is C16H16N4OS. The topological polar surface area (TPSA) is 60.2 Å². The summed E-state index contributed by atoms with van der Waals surface area (Å²) in [6.07, 6.45) is 2.14. The van der Waals surface area contributed by atoms with E-state index in [1.54, 1.807) is 17.5 Å². The van der Waals surface area contributed by atoms with Crippen LogP contribution in [0.1, 0.15) is 15.9 Å². The van der Waals surface area contributed by atoms with E-state index in [1.807, 2.05) is 34.5 Å². The predicted octanol–water partition coefficient (Wildman–Crippen LogP) is 2.17. The maximum Gasteiger partial charge on any atom is 0.253 e. The van der Waals surface area contributed by atoms with Gasteiger partial charge in [0.05, 0.1) is 12.5 Å². The zero-order valence-corrected chi connectivity index (χ0v) is 12.9. The molecule has 1 aliphatic rings. The molecule has 1 aromatic heterocycles. The van der Waals surface area contributed by atoms with Crippen LogP contribution in [0.5, 0.6) is 0 Å². The number of carbonyl (C=O) groups excluding carboxylic acids is 1. The van der Waals surface area contributed by atoms with E-state index in [4.69, 9.17) is 5.26 Å². The number of benzene rings is 1. The third kappa shape index (κ3) is 3.10. The van der Waals surface area contributed by atoms with Gasteiger partial charge in [-0.25, -0.2) is 4.98 Å². The second-order valence-corrected chi connectivity index (χ2v) is 6.00. The average Bonchev–Trinajstić information content (AvgIpc) is 3.09. The van der Waals surface area contributed by atoms with Crippen molar-refractivity contribution >= 4 is 22.4 Å². The first kappa shape index (κ1) is 14.5. The van der Waals surface area contributed by atoms with Crippen LogP contribution in [0.25, 0.3) is 0 Å². The van der Waals surface area contributed by atoms with E-state index >= 15 is 0 Å². The van der Waals surface area contributed by atoms with Gasteiger partial charge in [-0.15, -0.1) is 11.3 Å². The van der Waals surface area contributed by atoms with Crippen molar-refractivity contribution in [1.82, 2.24) is 9.88 Å². The summed E-state index contributed by atoms with van der Waals surface area (Å²) in [5, 5.41) is 11.7. The zero-order chi connectivity index (χ0) is 15.4. The second kappa shape index (κ2) is 6.58. The summed E-state index contributed by atoms with van der Waals surface area (Å²) < 4.78 is 0. The molecule has 2 heterocycles. The lowest BCUT2D eigenvalue weighted by Crippen LogP contribution is -2.48. The highest BCUT2D eigenvalue weighted by Gasteiger charge is 2.23. The molecule has 1 aliphatic heterocycles. The number of hydrogen-bond acceptors (Lipinski definition) is 5. The third-order valence-electron chi connectivity index (χ3n) is 3.71. The largest absolute Gasteiger partial charge is 0.345 e. The molecule has 1 amide bonds. The summed E-state index contributed by atoms with van der Waals surface area (Å²) in [7, 11) is 0. The van der Waals surface area contributed by atoms with Gasteiger partial charge in [0.15, 0.2) is 5.13 Å². The van der Waals surface area contributed by atoms with E-state index in [1.165, 1.54) is 0 Å². The molecule has 0 radical (unpaired) electrons. The molecule has 0 spiro atoms. The van der Waals surface area contributed by atoms with Crippen molar-refractivity contribution in [1.29, 1.82) is 5.26 Å². The van der Waals surface area contributed by atoms with Gasteiger partial charge in [-0.1, -0.05) is 12.1 Å². The Morgan fingerprint density at radius 3 is 2.82 bits per heavy atom. The highest BCUT2D eigenvalue weighted by atomic mass is 32.1. The number of carbonyl (C=O) groups is 1. The third-order valence-corrected chi connectivity index (χ3v) is 4.55. The summed E-state index contributed by atoms with van der Waals surface area (Å²) >= 11 is 1.62. The van der Waals surface area contributed by atoms with Gasteiger partial charge < -0.3 is 9.80 Å². The van der Waals surface area contributed by atoms with E-state index in [0.29, 0.717) is 25.1 Å². The SMILES string of the molecule is N#CCc1cccc(C(=O)N2CCN(c3nccs3)CC2)c1. The molecule has 2 aromatic rings. The second-order valence-electron chi connectivity index (χ2n) is 5.13.